The molecule has 0 aliphatic carbocycles. The van der Waals surface area contributed by atoms with Gasteiger partial charge in [0.1, 0.15) is 0 Å². The Morgan fingerprint density at radius 2 is 2.20 bits per heavy atom. The Kier molecular flexibility index (Phi) is 2.65. The van der Waals surface area contributed by atoms with Crippen LogP contribution in [-0.2, 0) is 0 Å². The van der Waals surface area contributed by atoms with E-state index in [0.717, 1.165) is 13.1 Å². The molecule has 2 N–H and O–H groups in total. The Balaban J connectivity index is 2.32. The maximum Gasteiger partial charge on any atom is 0.0284 e. The van der Waals surface area contributed by atoms with Crippen LogP contribution in [0.25, 0.3) is 0 Å². The molecule has 1 aliphatic heterocycles. The van der Waals surface area contributed by atoms with Crippen molar-refractivity contribution in [3.05, 3.63) is 0 Å². The molecule has 1 fully saturated rings. The van der Waals surface area contributed by atoms with E-state index in [1.165, 1.54) is 12.8 Å². The highest BCUT2D eigenvalue weighted by Gasteiger charge is 2.18. The zero-order valence-corrected chi connectivity index (χ0v) is 6.88. The van der Waals surface area contributed by atoms with E-state index in [1.807, 2.05) is 5.01 Å². The summed E-state index contributed by atoms with van der Waals surface area (Å²) in [4.78, 5) is 2.25. The second-order valence-electron chi connectivity index (χ2n) is 3.25. The fourth-order valence-electron chi connectivity index (χ4n) is 1.40. The van der Waals surface area contributed by atoms with Gasteiger partial charge in [-0.05, 0) is 26.9 Å². The predicted octanol–water partition coefficient (Wildman–Crippen LogP) is -0.114. The molecular weight excluding hydrogens is 126 g/mol. The zero-order valence-electron chi connectivity index (χ0n) is 6.88. The number of nitrogens with two attached hydrogens (primary N) is 1. The van der Waals surface area contributed by atoms with Gasteiger partial charge in [-0.15, -0.1) is 0 Å². The van der Waals surface area contributed by atoms with Gasteiger partial charge in [-0.1, -0.05) is 0 Å². The largest absolute Gasteiger partial charge is 0.305 e. The maximum atomic E-state index is 5.67. The number of likely N-dealkylation sites (N-methyl/N-ethyl adjacent to an activating group) is 1. The molecule has 10 heavy (non-hydrogen) atoms. The minimum atomic E-state index is 0.666. The van der Waals surface area contributed by atoms with Crippen molar-refractivity contribution in [1.29, 1.82) is 0 Å². The lowest BCUT2D eigenvalue weighted by Gasteiger charge is -2.33. The molecular formula is C7H17N3. The number of nitrogens with zero attached hydrogens (tertiary/aromatic N) is 2. The zero-order chi connectivity index (χ0) is 7.56. The van der Waals surface area contributed by atoms with Gasteiger partial charge in [0.2, 0.25) is 0 Å². The Labute approximate surface area is 62.8 Å². The van der Waals surface area contributed by atoms with Crippen molar-refractivity contribution < 1.29 is 0 Å². The van der Waals surface area contributed by atoms with E-state index < -0.39 is 0 Å². The SMILES string of the molecule is CN(C)[C@@H]1CCCN(N)C1. The highest BCUT2D eigenvalue weighted by Crippen LogP contribution is 2.09. The Morgan fingerprint density at radius 3 is 2.60 bits per heavy atom. The number of piperidine rings is 1. The molecule has 0 saturated carbocycles. The van der Waals surface area contributed by atoms with Crippen molar-refractivity contribution in [3.63, 3.8) is 0 Å². The van der Waals surface area contributed by atoms with Crippen LogP contribution in [0.2, 0.25) is 0 Å². The molecule has 0 bridgehead atoms. The standard InChI is InChI=1S/C7H17N3/c1-9(2)7-4-3-5-10(8)6-7/h7H,3-6,8H2,1-2H3/t7-/m1/s1. The quantitative estimate of drug-likeness (QED) is 0.520. The van der Waals surface area contributed by atoms with Gasteiger partial charge in [0.05, 0.1) is 0 Å². The van der Waals surface area contributed by atoms with Crippen molar-refractivity contribution in [3.8, 4) is 0 Å². The van der Waals surface area contributed by atoms with Crippen LogP contribution >= 0.6 is 0 Å². The first-order valence-corrected chi connectivity index (χ1v) is 3.86. The highest BCUT2D eigenvalue weighted by atomic mass is 15.4. The van der Waals surface area contributed by atoms with E-state index in [2.05, 4.69) is 19.0 Å². The van der Waals surface area contributed by atoms with E-state index >= 15 is 0 Å². The van der Waals surface area contributed by atoms with Gasteiger partial charge < -0.3 is 4.90 Å². The van der Waals surface area contributed by atoms with E-state index in [1.54, 1.807) is 0 Å². The van der Waals surface area contributed by atoms with Crippen LogP contribution in [0.5, 0.6) is 0 Å². The Bertz CT molecular complexity index is 103. The summed E-state index contributed by atoms with van der Waals surface area (Å²) in [6.07, 6.45) is 2.53. The normalized spacial score (nSPS) is 29.4. The molecule has 1 aliphatic rings. The summed E-state index contributed by atoms with van der Waals surface area (Å²) >= 11 is 0. The van der Waals surface area contributed by atoms with Crippen LogP contribution in [0.15, 0.2) is 0 Å². The van der Waals surface area contributed by atoms with Crippen LogP contribution in [0.4, 0.5) is 0 Å². The summed E-state index contributed by atoms with van der Waals surface area (Å²) in [6, 6.07) is 0.666. The van der Waals surface area contributed by atoms with Gasteiger partial charge in [-0.2, -0.15) is 0 Å². The summed E-state index contributed by atoms with van der Waals surface area (Å²) in [5.74, 6) is 5.67. The van der Waals surface area contributed by atoms with Crippen LogP contribution in [-0.4, -0.2) is 43.1 Å². The van der Waals surface area contributed by atoms with Crippen molar-refractivity contribution in [2.45, 2.75) is 18.9 Å². The molecule has 60 valence electrons. The van der Waals surface area contributed by atoms with Gasteiger partial charge in [-0.25, -0.2) is 5.01 Å². The van der Waals surface area contributed by atoms with Crippen molar-refractivity contribution in [2.24, 2.45) is 5.84 Å². The van der Waals surface area contributed by atoms with Gasteiger partial charge in [0.25, 0.3) is 0 Å². The molecule has 0 aromatic carbocycles. The lowest BCUT2D eigenvalue weighted by molar-refractivity contribution is 0.134. The number of hydrazine groups is 1. The molecule has 0 amide bonds. The molecule has 1 saturated heterocycles. The first kappa shape index (κ1) is 7.98. The smallest absolute Gasteiger partial charge is 0.0284 e. The molecule has 0 spiro atoms. The summed E-state index contributed by atoms with van der Waals surface area (Å²) in [7, 11) is 4.23. The second-order valence-corrected chi connectivity index (χ2v) is 3.25. The van der Waals surface area contributed by atoms with E-state index in [-0.39, 0.29) is 0 Å². The third-order valence-corrected chi connectivity index (χ3v) is 2.16. The van der Waals surface area contributed by atoms with Crippen molar-refractivity contribution in [1.82, 2.24) is 9.91 Å². The third kappa shape index (κ3) is 1.94. The molecule has 1 rings (SSSR count). The average molecular weight is 143 g/mol. The maximum absolute atomic E-state index is 5.67. The molecule has 0 aromatic rings. The Morgan fingerprint density at radius 1 is 1.50 bits per heavy atom. The third-order valence-electron chi connectivity index (χ3n) is 2.16. The van der Waals surface area contributed by atoms with Gasteiger partial charge in [-0.3, -0.25) is 5.84 Å². The number of hydrogen-bond donors (Lipinski definition) is 1. The molecule has 1 atom stereocenters. The Hall–Kier alpha value is -0.120. The molecule has 1 heterocycles. The van der Waals surface area contributed by atoms with Gasteiger partial charge in [0, 0.05) is 19.1 Å². The monoisotopic (exact) mass is 143 g/mol. The topological polar surface area (TPSA) is 32.5 Å². The van der Waals surface area contributed by atoms with E-state index in [0.29, 0.717) is 6.04 Å². The summed E-state index contributed by atoms with van der Waals surface area (Å²) < 4.78 is 0. The first-order chi connectivity index (χ1) is 4.70. The average Bonchev–Trinajstić information content (AvgIpc) is 1.88. The van der Waals surface area contributed by atoms with Crippen LogP contribution in [0.3, 0.4) is 0 Å². The van der Waals surface area contributed by atoms with E-state index in [4.69, 9.17) is 5.84 Å². The van der Waals surface area contributed by atoms with Crippen LogP contribution in [0, 0.1) is 0 Å². The summed E-state index contributed by atoms with van der Waals surface area (Å²) in [6.45, 7) is 2.08. The van der Waals surface area contributed by atoms with Crippen LogP contribution < -0.4 is 5.84 Å². The fraction of sp³-hybridized carbons (Fsp3) is 1.00. The second kappa shape index (κ2) is 3.32. The molecule has 3 nitrogen and oxygen atoms in total. The minimum absolute atomic E-state index is 0.666. The lowest BCUT2D eigenvalue weighted by Crippen LogP contribution is -2.48. The molecule has 0 unspecified atom stereocenters. The first-order valence-electron chi connectivity index (χ1n) is 3.86. The predicted molar refractivity (Wildman–Crippen MR) is 42.5 cm³/mol. The van der Waals surface area contributed by atoms with E-state index in [9.17, 15) is 0 Å². The minimum Gasteiger partial charge on any atom is -0.305 e. The fourth-order valence-corrected chi connectivity index (χ4v) is 1.40. The summed E-state index contributed by atoms with van der Waals surface area (Å²) in [5, 5.41) is 1.91. The molecule has 3 heteroatoms. The summed E-state index contributed by atoms with van der Waals surface area (Å²) in [5.41, 5.74) is 0. The van der Waals surface area contributed by atoms with Crippen molar-refractivity contribution in [2.75, 3.05) is 27.2 Å². The van der Waals surface area contributed by atoms with Gasteiger partial charge in [0.15, 0.2) is 0 Å². The molecule has 0 radical (unpaired) electrons. The lowest BCUT2D eigenvalue weighted by atomic mass is 10.1. The van der Waals surface area contributed by atoms with Crippen LogP contribution in [0.1, 0.15) is 12.8 Å². The number of hydrogen-bond acceptors (Lipinski definition) is 3. The van der Waals surface area contributed by atoms with Gasteiger partial charge >= 0.3 is 0 Å². The molecule has 0 aromatic heterocycles. The highest BCUT2D eigenvalue weighted by molar-refractivity contribution is 4.74. The van der Waals surface area contributed by atoms with Crippen molar-refractivity contribution >= 4 is 0 Å². The number of rotatable bonds is 1.